The molecule has 2 aromatic carbocycles. The van der Waals surface area contributed by atoms with E-state index in [1.807, 2.05) is 71.3 Å². The maximum atomic E-state index is 12.8. The van der Waals surface area contributed by atoms with Gasteiger partial charge in [-0.05, 0) is 49.2 Å². The van der Waals surface area contributed by atoms with Crippen LogP contribution in [0.4, 0.5) is 11.6 Å². The van der Waals surface area contributed by atoms with E-state index in [0.717, 1.165) is 37.6 Å². The van der Waals surface area contributed by atoms with Crippen molar-refractivity contribution < 1.29 is 13.9 Å². The Kier molecular flexibility index (Phi) is 6.81. The predicted octanol–water partition coefficient (Wildman–Crippen LogP) is 5.04. The largest absolute Gasteiger partial charge is 0.467 e. The van der Waals surface area contributed by atoms with Crippen molar-refractivity contribution in [2.24, 2.45) is 0 Å². The van der Waals surface area contributed by atoms with Crippen molar-refractivity contribution >= 4 is 29.3 Å². The Morgan fingerprint density at radius 2 is 1.79 bits per heavy atom. The van der Waals surface area contributed by atoms with Gasteiger partial charge < -0.3 is 19.4 Å². The van der Waals surface area contributed by atoms with Gasteiger partial charge in [0.1, 0.15) is 11.5 Å². The standard InChI is InChI=1S/C25H25N5O3S/c31-23(26-21-12-4-5-13-22(21)33-19-9-2-1-3-10-19)18-34-25-28-27-24(29-14-6-7-15-29)30(25)17-20-11-8-16-32-20/h1-5,8-13,16H,6-7,14-15,17-18H2,(H,26,31). The van der Waals surface area contributed by atoms with Crippen molar-refractivity contribution in [1.29, 1.82) is 0 Å². The molecule has 9 heteroatoms. The average Bonchev–Trinajstić information content (AvgIpc) is 3.63. The zero-order valence-electron chi connectivity index (χ0n) is 18.6. The minimum atomic E-state index is -0.149. The molecule has 5 rings (SSSR count). The van der Waals surface area contributed by atoms with Crippen LogP contribution in [0.3, 0.4) is 0 Å². The smallest absolute Gasteiger partial charge is 0.234 e. The van der Waals surface area contributed by atoms with Crippen molar-refractivity contribution in [2.45, 2.75) is 24.5 Å². The zero-order chi connectivity index (χ0) is 23.2. The fraction of sp³-hybridized carbons (Fsp3) is 0.240. The summed E-state index contributed by atoms with van der Waals surface area (Å²) in [7, 11) is 0. The van der Waals surface area contributed by atoms with Gasteiger partial charge in [0.25, 0.3) is 0 Å². The number of nitrogens with zero attached hydrogens (tertiary/aromatic N) is 4. The van der Waals surface area contributed by atoms with Crippen molar-refractivity contribution in [1.82, 2.24) is 14.8 Å². The summed E-state index contributed by atoms with van der Waals surface area (Å²) in [6.07, 6.45) is 3.94. The molecule has 4 aromatic rings. The number of amides is 1. The summed E-state index contributed by atoms with van der Waals surface area (Å²) in [6, 6.07) is 20.7. The van der Waals surface area contributed by atoms with Gasteiger partial charge in [0.05, 0.1) is 24.2 Å². The lowest BCUT2D eigenvalue weighted by Crippen LogP contribution is -2.23. The number of anilines is 2. The first kappa shape index (κ1) is 22.1. The molecule has 2 aromatic heterocycles. The van der Waals surface area contributed by atoms with Crippen LogP contribution in [-0.2, 0) is 11.3 Å². The number of ether oxygens (including phenoxy) is 1. The predicted molar refractivity (Wildman–Crippen MR) is 132 cm³/mol. The van der Waals surface area contributed by atoms with E-state index < -0.39 is 0 Å². The first-order valence-corrected chi connectivity index (χ1v) is 12.2. The summed E-state index contributed by atoms with van der Waals surface area (Å²) < 4.78 is 13.5. The van der Waals surface area contributed by atoms with Gasteiger partial charge in [-0.15, -0.1) is 10.2 Å². The lowest BCUT2D eigenvalue weighted by atomic mass is 10.3. The Bertz CT molecular complexity index is 1220. The van der Waals surface area contributed by atoms with Gasteiger partial charge >= 0.3 is 0 Å². The van der Waals surface area contributed by atoms with Crippen LogP contribution in [0.15, 0.2) is 82.6 Å². The van der Waals surface area contributed by atoms with Crippen LogP contribution >= 0.6 is 11.8 Å². The van der Waals surface area contributed by atoms with Crippen LogP contribution in [0.2, 0.25) is 0 Å². The molecule has 0 saturated carbocycles. The molecule has 1 aliphatic heterocycles. The maximum absolute atomic E-state index is 12.8. The van der Waals surface area contributed by atoms with Crippen LogP contribution < -0.4 is 15.0 Å². The van der Waals surface area contributed by atoms with Crippen molar-refractivity contribution in [2.75, 3.05) is 29.1 Å². The minimum absolute atomic E-state index is 0.149. The molecule has 174 valence electrons. The molecule has 0 atom stereocenters. The molecule has 1 fully saturated rings. The van der Waals surface area contributed by atoms with Gasteiger partial charge in [-0.3, -0.25) is 9.36 Å². The normalized spacial score (nSPS) is 13.2. The molecule has 1 N–H and O–H groups in total. The lowest BCUT2D eigenvalue weighted by Gasteiger charge is -2.17. The number of aromatic nitrogens is 3. The molecule has 0 spiro atoms. The van der Waals surface area contributed by atoms with E-state index >= 15 is 0 Å². The quantitative estimate of drug-likeness (QED) is 0.339. The number of carbonyl (C=O) groups is 1. The minimum Gasteiger partial charge on any atom is -0.467 e. The van der Waals surface area contributed by atoms with Gasteiger partial charge in [-0.1, -0.05) is 42.1 Å². The molecule has 0 radical (unpaired) electrons. The summed E-state index contributed by atoms with van der Waals surface area (Å²) in [4.78, 5) is 15.0. The Hall–Kier alpha value is -3.72. The molecular weight excluding hydrogens is 450 g/mol. The first-order valence-electron chi connectivity index (χ1n) is 11.2. The van der Waals surface area contributed by atoms with Gasteiger partial charge in [-0.2, -0.15) is 0 Å². The van der Waals surface area contributed by atoms with Gasteiger partial charge in [0.2, 0.25) is 11.9 Å². The number of nitrogens with one attached hydrogen (secondary N) is 1. The van der Waals surface area contributed by atoms with Crippen LogP contribution in [0, 0.1) is 0 Å². The van der Waals surface area contributed by atoms with E-state index in [0.29, 0.717) is 28.9 Å². The SMILES string of the molecule is O=C(CSc1nnc(N2CCCC2)n1Cc1ccco1)Nc1ccccc1Oc1ccccc1. The molecular formula is C25H25N5O3S. The Morgan fingerprint density at radius 1 is 1.00 bits per heavy atom. The van der Waals surface area contributed by atoms with E-state index in [-0.39, 0.29) is 11.7 Å². The van der Waals surface area contributed by atoms with E-state index in [2.05, 4.69) is 20.4 Å². The molecule has 1 aliphatic rings. The fourth-order valence-electron chi connectivity index (χ4n) is 3.83. The molecule has 1 amide bonds. The third-order valence-corrected chi connectivity index (χ3v) is 6.41. The number of benzene rings is 2. The number of carbonyl (C=O) groups excluding carboxylic acids is 1. The van der Waals surface area contributed by atoms with Crippen LogP contribution in [-0.4, -0.2) is 39.5 Å². The molecule has 0 bridgehead atoms. The second-order valence-electron chi connectivity index (χ2n) is 7.89. The molecule has 34 heavy (non-hydrogen) atoms. The third-order valence-electron chi connectivity index (χ3n) is 5.44. The van der Waals surface area contributed by atoms with Gasteiger partial charge in [0.15, 0.2) is 10.9 Å². The van der Waals surface area contributed by atoms with E-state index in [9.17, 15) is 4.79 Å². The molecule has 0 unspecified atom stereocenters. The summed E-state index contributed by atoms with van der Waals surface area (Å²) in [5.41, 5.74) is 0.617. The second kappa shape index (κ2) is 10.5. The van der Waals surface area contributed by atoms with Crippen molar-refractivity contribution in [3.8, 4) is 11.5 Å². The second-order valence-corrected chi connectivity index (χ2v) is 8.83. The first-order chi connectivity index (χ1) is 16.8. The Balaban J connectivity index is 1.27. The highest BCUT2D eigenvalue weighted by Crippen LogP contribution is 2.30. The highest BCUT2D eigenvalue weighted by Gasteiger charge is 2.22. The number of furan rings is 1. The number of hydrogen-bond acceptors (Lipinski definition) is 7. The van der Waals surface area contributed by atoms with Crippen LogP contribution in [0.25, 0.3) is 0 Å². The fourth-order valence-corrected chi connectivity index (χ4v) is 4.56. The molecule has 8 nitrogen and oxygen atoms in total. The van der Waals surface area contributed by atoms with E-state index in [1.54, 1.807) is 6.26 Å². The highest BCUT2D eigenvalue weighted by molar-refractivity contribution is 7.99. The lowest BCUT2D eigenvalue weighted by molar-refractivity contribution is -0.113. The van der Waals surface area contributed by atoms with Crippen LogP contribution in [0.1, 0.15) is 18.6 Å². The number of para-hydroxylation sites is 3. The Labute approximate surface area is 201 Å². The maximum Gasteiger partial charge on any atom is 0.234 e. The number of rotatable bonds is 9. The topological polar surface area (TPSA) is 85.4 Å². The molecule has 3 heterocycles. The summed E-state index contributed by atoms with van der Waals surface area (Å²) >= 11 is 1.35. The van der Waals surface area contributed by atoms with E-state index in [4.69, 9.17) is 9.15 Å². The third kappa shape index (κ3) is 5.26. The van der Waals surface area contributed by atoms with E-state index in [1.165, 1.54) is 11.8 Å². The van der Waals surface area contributed by atoms with Crippen LogP contribution in [0.5, 0.6) is 11.5 Å². The summed E-state index contributed by atoms with van der Waals surface area (Å²) in [5.74, 6) is 2.97. The van der Waals surface area contributed by atoms with Crippen molar-refractivity contribution in [3.05, 3.63) is 78.8 Å². The summed E-state index contributed by atoms with van der Waals surface area (Å²) in [5, 5.41) is 12.4. The van der Waals surface area contributed by atoms with Crippen molar-refractivity contribution in [3.63, 3.8) is 0 Å². The Morgan fingerprint density at radius 3 is 2.59 bits per heavy atom. The molecule has 0 aliphatic carbocycles. The molecule has 1 saturated heterocycles. The zero-order valence-corrected chi connectivity index (χ0v) is 19.4. The monoisotopic (exact) mass is 475 g/mol. The average molecular weight is 476 g/mol. The number of hydrogen-bond donors (Lipinski definition) is 1. The number of thioether (sulfide) groups is 1. The highest BCUT2D eigenvalue weighted by atomic mass is 32.2. The summed E-state index contributed by atoms with van der Waals surface area (Å²) in [6.45, 7) is 2.43. The van der Waals surface area contributed by atoms with Gasteiger partial charge in [-0.25, -0.2) is 0 Å². The van der Waals surface area contributed by atoms with Gasteiger partial charge in [0, 0.05) is 13.1 Å².